The zero-order valence-corrected chi connectivity index (χ0v) is 12.5. The highest BCUT2D eigenvalue weighted by Crippen LogP contribution is 2.26. The molecule has 0 bridgehead atoms. The molecule has 2 nitrogen and oxygen atoms in total. The van der Waals surface area contributed by atoms with Crippen molar-refractivity contribution < 1.29 is 0 Å². The molecule has 1 saturated carbocycles. The Morgan fingerprint density at radius 3 is 2.50 bits per heavy atom. The smallest absolute Gasteiger partial charge is 0.117 e. The van der Waals surface area contributed by atoms with E-state index >= 15 is 0 Å². The fourth-order valence-corrected chi connectivity index (χ4v) is 2.99. The van der Waals surface area contributed by atoms with E-state index in [1.165, 1.54) is 37.7 Å². The van der Waals surface area contributed by atoms with Gasteiger partial charge in [0.05, 0.1) is 0 Å². The van der Waals surface area contributed by atoms with Crippen LogP contribution in [0.2, 0.25) is 0 Å². The second-order valence-corrected chi connectivity index (χ2v) is 5.77. The topological polar surface area (TPSA) is 27.0 Å². The molecule has 0 radical (unpaired) electrons. The number of benzene rings is 1. The number of allylic oxidation sites excluding steroid dienone is 2. The van der Waals surface area contributed by atoms with Crippen molar-refractivity contribution in [1.82, 2.24) is 4.90 Å². The SMILES string of the molecule is CC(/C=C(\C#N)N(C)C1CCCCC1)c1ccccc1. The lowest BCUT2D eigenvalue weighted by molar-refractivity contribution is 0.242. The van der Waals surface area contributed by atoms with E-state index in [0.29, 0.717) is 6.04 Å². The first-order valence-electron chi connectivity index (χ1n) is 7.62. The van der Waals surface area contributed by atoms with Gasteiger partial charge in [-0.25, -0.2) is 0 Å². The van der Waals surface area contributed by atoms with Crippen molar-refractivity contribution in [2.45, 2.75) is 51.0 Å². The number of hydrogen-bond donors (Lipinski definition) is 0. The van der Waals surface area contributed by atoms with E-state index in [4.69, 9.17) is 0 Å². The second-order valence-electron chi connectivity index (χ2n) is 5.77. The van der Waals surface area contributed by atoms with Gasteiger partial charge in [-0.05, 0) is 24.5 Å². The van der Waals surface area contributed by atoms with E-state index in [1.807, 2.05) is 6.07 Å². The molecule has 0 heterocycles. The summed E-state index contributed by atoms with van der Waals surface area (Å²) in [5.74, 6) is 0.275. The van der Waals surface area contributed by atoms with Crippen LogP contribution in [0.4, 0.5) is 0 Å². The highest BCUT2D eigenvalue weighted by atomic mass is 15.1. The maximum absolute atomic E-state index is 9.46. The molecule has 0 aromatic heterocycles. The molecule has 1 aliphatic rings. The normalized spacial score (nSPS) is 18.4. The molecule has 0 amide bonds. The van der Waals surface area contributed by atoms with Crippen molar-refractivity contribution in [2.24, 2.45) is 0 Å². The third-order valence-corrected chi connectivity index (χ3v) is 4.35. The Balaban J connectivity index is 2.10. The summed E-state index contributed by atoms with van der Waals surface area (Å²) in [6.07, 6.45) is 8.47. The second kappa shape index (κ2) is 7.14. The van der Waals surface area contributed by atoms with Gasteiger partial charge in [0.2, 0.25) is 0 Å². The summed E-state index contributed by atoms with van der Waals surface area (Å²) in [5.41, 5.74) is 2.07. The first-order chi connectivity index (χ1) is 9.72. The van der Waals surface area contributed by atoms with Crippen molar-refractivity contribution >= 4 is 0 Å². The van der Waals surface area contributed by atoms with E-state index in [1.54, 1.807) is 0 Å². The molecule has 0 aliphatic heterocycles. The largest absolute Gasteiger partial charge is 0.363 e. The molecule has 1 atom stereocenters. The van der Waals surface area contributed by atoms with Crippen LogP contribution in [0.15, 0.2) is 42.1 Å². The predicted molar refractivity (Wildman–Crippen MR) is 83.2 cm³/mol. The monoisotopic (exact) mass is 268 g/mol. The minimum absolute atomic E-state index is 0.275. The Hall–Kier alpha value is -1.75. The van der Waals surface area contributed by atoms with E-state index in [2.05, 4.69) is 55.3 Å². The maximum Gasteiger partial charge on any atom is 0.117 e. The standard InChI is InChI=1S/C18H24N2/c1-15(16-9-5-3-6-10-16)13-18(14-19)20(2)17-11-7-4-8-12-17/h3,5-6,9-10,13,15,17H,4,7-8,11-12H2,1-2H3/b18-13+. The molecule has 2 rings (SSSR count). The average Bonchev–Trinajstić information content (AvgIpc) is 2.53. The van der Waals surface area contributed by atoms with Crippen molar-refractivity contribution in [2.75, 3.05) is 7.05 Å². The summed E-state index contributed by atoms with van der Waals surface area (Å²) >= 11 is 0. The lowest BCUT2D eigenvalue weighted by atomic mass is 9.93. The summed E-state index contributed by atoms with van der Waals surface area (Å²) in [5, 5.41) is 9.46. The van der Waals surface area contributed by atoms with Crippen LogP contribution in [0, 0.1) is 11.3 Å². The molecule has 1 aromatic carbocycles. The molecular weight excluding hydrogens is 244 g/mol. The van der Waals surface area contributed by atoms with Gasteiger partial charge in [0.25, 0.3) is 0 Å². The molecule has 20 heavy (non-hydrogen) atoms. The minimum atomic E-state index is 0.275. The molecular formula is C18H24N2. The van der Waals surface area contributed by atoms with Crippen LogP contribution in [0.3, 0.4) is 0 Å². The predicted octanol–water partition coefficient (Wildman–Crippen LogP) is 4.46. The van der Waals surface area contributed by atoms with Crippen LogP contribution in [0.1, 0.15) is 50.5 Å². The molecule has 0 N–H and O–H groups in total. The molecule has 0 spiro atoms. The molecule has 1 unspecified atom stereocenters. The van der Waals surface area contributed by atoms with Crippen LogP contribution < -0.4 is 0 Å². The zero-order chi connectivity index (χ0) is 14.4. The van der Waals surface area contributed by atoms with Crippen molar-refractivity contribution in [3.05, 3.63) is 47.7 Å². The summed E-state index contributed by atoms with van der Waals surface area (Å²) < 4.78 is 0. The Morgan fingerprint density at radius 2 is 1.90 bits per heavy atom. The van der Waals surface area contributed by atoms with Crippen molar-refractivity contribution in [1.29, 1.82) is 5.26 Å². The summed E-state index contributed by atoms with van der Waals surface area (Å²) in [4.78, 5) is 2.19. The van der Waals surface area contributed by atoms with Gasteiger partial charge in [0.15, 0.2) is 0 Å². The van der Waals surface area contributed by atoms with Crippen LogP contribution in [-0.4, -0.2) is 18.0 Å². The van der Waals surface area contributed by atoms with Gasteiger partial charge >= 0.3 is 0 Å². The molecule has 1 aromatic rings. The van der Waals surface area contributed by atoms with Crippen molar-refractivity contribution in [3.8, 4) is 6.07 Å². The van der Waals surface area contributed by atoms with Crippen LogP contribution in [0.5, 0.6) is 0 Å². The highest BCUT2D eigenvalue weighted by molar-refractivity contribution is 5.29. The van der Waals surface area contributed by atoms with Gasteiger partial charge in [0, 0.05) is 19.0 Å². The van der Waals surface area contributed by atoms with Crippen LogP contribution >= 0.6 is 0 Å². The van der Waals surface area contributed by atoms with Crippen LogP contribution in [0.25, 0.3) is 0 Å². The zero-order valence-electron chi connectivity index (χ0n) is 12.5. The quantitative estimate of drug-likeness (QED) is 0.754. The molecule has 106 valence electrons. The van der Waals surface area contributed by atoms with Crippen LogP contribution in [-0.2, 0) is 0 Å². The van der Waals surface area contributed by atoms with Gasteiger partial charge in [-0.2, -0.15) is 5.26 Å². The summed E-state index contributed by atoms with van der Waals surface area (Å²) in [6, 6.07) is 13.3. The van der Waals surface area contributed by atoms with Crippen molar-refractivity contribution in [3.63, 3.8) is 0 Å². The number of hydrogen-bond acceptors (Lipinski definition) is 2. The van der Waals surface area contributed by atoms with Gasteiger partial charge < -0.3 is 4.90 Å². The Bertz CT molecular complexity index is 478. The number of nitriles is 1. The maximum atomic E-state index is 9.46. The van der Waals surface area contributed by atoms with Gasteiger partial charge in [-0.1, -0.05) is 56.5 Å². The third kappa shape index (κ3) is 3.63. The van der Waals surface area contributed by atoms with E-state index in [9.17, 15) is 5.26 Å². The lowest BCUT2D eigenvalue weighted by Crippen LogP contribution is -2.32. The first kappa shape index (κ1) is 14.7. The molecule has 2 heteroatoms. The molecule has 1 aliphatic carbocycles. The van der Waals surface area contributed by atoms with E-state index < -0.39 is 0 Å². The van der Waals surface area contributed by atoms with Gasteiger partial charge in [-0.3, -0.25) is 0 Å². The fourth-order valence-electron chi connectivity index (χ4n) is 2.99. The fraction of sp³-hybridized carbons (Fsp3) is 0.500. The number of nitrogens with zero attached hydrogens (tertiary/aromatic N) is 2. The molecule has 0 saturated heterocycles. The van der Waals surface area contributed by atoms with Gasteiger partial charge in [-0.15, -0.1) is 0 Å². The minimum Gasteiger partial charge on any atom is -0.363 e. The first-order valence-corrected chi connectivity index (χ1v) is 7.62. The van der Waals surface area contributed by atoms with E-state index in [0.717, 1.165) is 5.70 Å². The number of rotatable bonds is 4. The highest BCUT2D eigenvalue weighted by Gasteiger charge is 2.20. The van der Waals surface area contributed by atoms with E-state index in [-0.39, 0.29) is 5.92 Å². The third-order valence-electron chi connectivity index (χ3n) is 4.35. The average molecular weight is 268 g/mol. The summed E-state index contributed by atoms with van der Waals surface area (Å²) in [7, 11) is 2.07. The Labute approximate surface area is 122 Å². The summed E-state index contributed by atoms with van der Waals surface area (Å²) in [6.45, 7) is 2.15. The Morgan fingerprint density at radius 1 is 1.25 bits per heavy atom. The lowest BCUT2D eigenvalue weighted by Gasteiger charge is -2.32. The Kier molecular flexibility index (Phi) is 5.24. The van der Waals surface area contributed by atoms with Gasteiger partial charge in [0.1, 0.15) is 11.8 Å². The molecule has 1 fully saturated rings.